The van der Waals surface area contributed by atoms with Gasteiger partial charge in [-0.15, -0.1) is 0 Å². The normalized spacial score (nSPS) is 25.2. The molecule has 1 fully saturated rings. The fourth-order valence-corrected chi connectivity index (χ4v) is 2.48. The largest absolute Gasteiger partial charge is 0.481 e. The highest BCUT2D eigenvalue weighted by Gasteiger charge is 2.35. The molecule has 1 heterocycles. The van der Waals surface area contributed by atoms with Gasteiger partial charge in [-0.1, -0.05) is 30.3 Å². The number of carboxylic acids is 1. The summed E-state index contributed by atoms with van der Waals surface area (Å²) in [5.41, 5.74) is 0.739. The van der Waals surface area contributed by atoms with Crippen LogP contribution in [0.3, 0.4) is 0 Å². The van der Waals surface area contributed by atoms with Crippen LogP contribution < -0.4 is 5.32 Å². The van der Waals surface area contributed by atoms with Gasteiger partial charge in [0.2, 0.25) is 0 Å². The van der Waals surface area contributed by atoms with Crippen LogP contribution in [0.2, 0.25) is 0 Å². The summed E-state index contributed by atoms with van der Waals surface area (Å²) in [6.07, 6.45) is 3.30. The third-order valence-corrected chi connectivity index (χ3v) is 3.27. The lowest BCUT2D eigenvalue weighted by atomic mass is 9.80. The number of aliphatic carboxylic acids is 1. The zero-order valence-corrected chi connectivity index (χ0v) is 9.28. The van der Waals surface area contributed by atoms with Gasteiger partial charge in [0.25, 0.3) is 0 Å². The summed E-state index contributed by atoms with van der Waals surface area (Å²) in [7, 11) is 0. The summed E-state index contributed by atoms with van der Waals surface area (Å²) >= 11 is 0. The average molecular weight is 219 g/mol. The van der Waals surface area contributed by atoms with E-state index in [1.54, 1.807) is 0 Å². The van der Waals surface area contributed by atoms with Crippen LogP contribution >= 0.6 is 0 Å². The van der Waals surface area contributed by atoms with Crippen LogP contribution in [0.4, 0.5) is 0 Å². The van der Waals surface area contributed by atoms with E-state index in [1.807, 2.05) is 30.3 Å². The number of nitrogens with one attached hydrogen (secondary N) is 1. The third-order valence-electron chi connectivity index (χ3n) is 3.27. The van der Waals surface area contributed by atoms with Crippen molar-refractivity contribution in [1.29, 1.82) is 0 Å². The lowest BCUT2D eigenvalue weighted by Crippen LogP contribution is -2.47. The van der Waals surface area contributed by atoms with Crippen molar-refractivity contribution in [3.63, 3.8) is 0 Å². The molecule has 0 radical (unpaired) electrons. The van der Waals surface area contributed by atoms with Gasteiger partial charge >= 0.3 is 5.97 Å². The second kappa shape index (κ2) is 4.66. The Morgan fingerprint density at radius 1 is 1.31 bits per heavy atom. The Balaban J connectivity index is 2.29. The molecule has 16 heavy (non-hydrogen) atoms. The maximum Gasteiger partial charge on any atom is 0.305 e. The maximum absolute atomic E-state index is 11.0. The van der Waals surface area contributed by atoms with Gasteiger partial charge in [0, 0.05) is 0 Å². The van der Waals surface area contributed by atoms with Gasteiger partial charge in [0.1, 0.15) is 0 Å². The highest BCUT2D eigenvalue weighted by Crippen LogP contribution is 2.33. The van der Waals surface area contributed by atoms with Crippen LogP contribution in [0, 0.1) is 0 Å². The third kappa shape index (κ3) is 2.25. The van der Waals surface area contributed by atoms with Crippen LogP contribution in [0.15, 0.2) is 30.3 Å². The zero-order chi connectivity index (χ0) is 11.4. The molecule has 0 aliphatic carbocycles. The zero-order valence-electron chi connectivity index (χ0n) is 9.28. The highest BCUT2D eigenvalue weighted by atomic mass is 16.4. The standard InChI is InChI=1S/C13H17NO2/c15-12(16)10-13(8-4-5-9-14-13)11-6-2-1-3-7-11/h1-3,6-7,14H,4-5,8-10H2,(H,15,16)/t13-/m1/s1. The lowest BCUT2D eigenvalue weighted by molar-refractivity contribution is -0.139. The van der Waals surface area contributed by atoms with E-state index in [1.165, 1.54) is 0 Å². The van der Waals surface area contributed by atoms with Crippen LogP contribution in [0.1, 0.15) is 31.2 Å². The molecule has 1 aliphatic rings. The summed E-state index contributed by atoms with van der Waals surface area (Å²) in [5, 5.41) is 12.5. The van der Waals surface area contributed by atoms with Crippen LogP contribution in [0.25, 0.3) is 0 Å². The smallest absolute Gasteiger partial charge is 0.305 e. The summed E-state index contributed by atoms with van der Waals surface area (Å²) in [5.74, 6) is -0.738. The van der Waals surface area contributed by atoms with Gasteiger partial charge in [-0.3, -0.25) is 4.79 Å². The van der Waals surface area contributed by atoms with Gasteiger partial charge in [0.05, 0.1) is 12.0 Å². The summed E-state index contributed by atoms with van der Waals surface area (Å²) < 4.78 is 0. The van der Waals surface area contributed by atoms with E-state index in [9.17, 15) is 4.79 Å². The first-order valence-electron chi connectivity index (χ1n) is 5.75. The van der Waals surface area contributed by atoms with Crippen molar-refractivity contribution >= 4 is 5.97 Å². The van der Waals surface area contributed by atoms with E-state index in [0.29, 0.717) is 0 Å². The fourth-order valence-electron chi connectivity index (χ4n) is 2.48. The van der Waals surface area contributed by atoms with Crippen molar-refractivity contribution in [2.24, 2.45) is 0 Å². The summed E-state index contributed by atoms with van der Waals surface area (Å²) in [6.45, 7) is 0.905. The van der Waals surface area contributed by atoms with Crippen LogP contribution in [-0.2, 0) is 10.3 Å². The predicted molar refractivity (Wildman–Crippen MR) is 62.2 cm³/mol. The Hall–Kier alpha value is -1.35. The Kier molecular flexibility index (Phi) is 3.25. The minimum absolute atomic E-state index is 0.164. The molecule has 0 bridgehead atoms. The summed E-state index contributed by atoms with van der Waals surface area (Å²) in [4.78, 5) is 11.0. The Morgan fingerprint density at radius 3 is 2.62 bits per heavy atom. The molecular weight excluding hydrogens is 202 g/mol. The molecule has 0 spiro atoms. The Labute approximate surface area is 95.5 Å². The molecule has 0 amide bonds. The van der Waals surface area contributed by atoms with E-state index in [4.69, 9.17) is 5.11 Å². The van der Waals surface area contributed by atoms with Gasteiger partial charge in [0.15, 0.2) is 0 Å². The fraction of sp³-hybridized carbons (Fsp3) is 0.462. The number of carbonyl (C=O) groups is 1. The molecule has 1 aromatic carbocycles. The molecule has 0 saturated carbocycles. The maximum atomic E-state index is 11.0. The average Bonchev–Trinajstić information content (AvgIpc) is 2.30. The van der Waals surface area contributed by atoms with Crippen molar-refractivity contribution in [1.82, 2.24) is 5.32 Å². The predicted octanol–water partition coefficient (Wildman–Crippen LogP) is 2.13. The molecule has 86 valence electrons. The molecule has 3 nitrogen and oxygen atoms in total. The molecule has 0 aromatic heterocycles. The molecule has 0 unspecified atom stereocenters. The molecule has 3 heteroatoms. The number of carboxylic acid groups (broad SMARTS) is 1. The number of hydrogen-bond acceptors (Lipinski definition) is 2. The van der Waals surface area contributed by atoms with E-state index in [0.717, 1.165) is 31.4 Å². The Morgan fingerprint density at radius 2 is 2.06 bits per heavy atom. The van der Waals surface area contributed by atoms with Crippen LogP contribution in [0.5, 0.6) is 0 Å². The van der Waals surface area contributed by atoms with Gasteiger partial charge in [-0.05, 0) is 31.4 Å². The number of hydrogen-bond donors (Lipinski definition) is 2. The second-order valence-corrected chi connectivity index (χ2v) is 4.40. The van der Waals surface area contributed by atoms with Gasteiger partial charge in [-0.25, -0.2) is 0 Å². The number of rotatable bonds is 3. The molecule has 1 aromatic rings. The lowest BCUT2D eigenvalue weighted by Gasteiger charge is -2.38. The molecule has 2 rings (SSSR count). The van der Waals surface area contributed by atoms with Crippen molar-refractivity contribution in [2.75, 3.05) is 6.54 Å². The molecule has 1 aliphatic heterocycles. The first kappa shape index (κ1) is 11.1. The van der Waals surface area contributed by atoms with Crippen molar-refractivity contribution in [3.8, 4) is 0 Å². The van der Waals surface area contributed by atoms with Crippen molar-refractivity contribution in [2.45, 2.75) is 31.2 Å². The molecule has 1 atom stereocenters. The molecular formula is C13H17NO2. The van der Waals surface area contributed by atoms with E-state index in [2.05, 4.69) is 5.32 Å². The quantitative estimate of drug-likeness (QED) is 0.818. The number of piperidine rings is 1. The van der Waals surface area contributed by atoms with E-state index in [-0.39, 0.29) is 12.0 Å². The minimum atomic E-state index is -0.738. The second-order valence-electron chi connectivity index (χ2n) is 4.40. The summed E-state index contributed by atoms with van der Waals surface area (Å²) in [6, 6.07) is 9.92. The highest BCUT2D eigenvalue weighted by molar-refractivity contribution is 5.69. The number of benzene rings is 1. The monoisotopic (exact) mass is 219 g/mol. The first-order valence-corrected chi connectivity index (χ1v) is 5.75. The SMILES string of the molecule is O=C(O)C[C@@]1(c2ccccc2)CCCCN1. The first-order chi connectivity index (χ1) is 7.73. The van der Waals surface area contributed by atoms with Gasteiger partial charge < -0.3 is 10.4 Å². The van der Waals surface area contributed by atoms with Crippen molar-refractivity contribution in [3.05, 3.63) is 35.9 Å². The molecule has 2 N–H and O–H groups in total. The molecule has 1 saturated heterocycles. The Bertz CT molecular complexity index is 355. The van der Waals surface area contributed by atoms with E-state index < -0.39 is 5.97 Å². The minimum Gasteiger partial charge on any atom is -0.481 e. The van der Waals surface area contributed by atoms with Crippen LogP contribution in [-0.4, -0.2) is 17.6 Å². The topological polar surface area (TPSA) is 49.3 Å². The van der Waals surface area contributed by atoms with E-state index >= 15 is 0 Å². The van der Waals surface area contributed by atoms with Crippen molar-refractivity contribution < 1.29 is 9.90 Å². The van der Waals surface area contributed by atoms with Gasteiger partial charge in [-0.2, -0.15) is 0 Å².